The summed E-state index contributed by atoms with van der Waals surface area (Å²) < 4.78 is 5.84. The normalized spacial score (nSPS) is 23.6. The van der Waals surface area contributed by atoms with Crippen LogP contribution >= 0.6 is 11.3 Å². The Morgan fingerprint density at radius 1 is 1.48 bits per heavy atom. The van der Waals surface area contributed by atoms with Gasteiger partial charge < -0.3 is 10.2 Å². The fraction of sp³-hybridized carbons (Fsp3) is 0.562. The van der Waals surface area contributed by atoms with Crippen molar-refractivity contribution in [3.8, 4) is 10.8 Å². The van der Waals surface area contributed by atoms with Gasteiger partial charge in [-0.15, -0.1) is 11.3 Å². The molecule has 114 valence electrons. The Labute approximate surface area is 130 Å². The van der Waals surface area contributed by atoms with Crippen LogP contribution in [0.1, 0.15) is 31.2 Å². The van der Waals surface area contributed by atoms with Gasteiger partial charge in [-0.3, -0.25) is 4.90 Å². The summed E-state index contributed by atoms with van der Waals surface area (Å²) in [6.45, 7) is 7.01. The smallest absolute Gasteiger partial charge is 0.236 e. The number of hydrogen-bond donors (Lipinski definition) is 1. The Kier molecular flexibility index (Phi) is 4.42. The lowest BCUT2D eigenvalue weighted by Crippen LogP contribution is -2.43. The predicted octanol–water partition coefficient (Wildman–Crippen LogP) is 3.27. The molecule has 2 aromatic heterocycles. The van der Waals surface area contributed by atoms with Crippen molar-refractivity contribution >= 4 is 11.3 Å². The minimum absolute atomic E-state index is 0.592. The lowest BCUT2D eigenvalue weighted by Gasteiger charge is -2.37. The molecule has 4 nitrogen and oxygen atoms in total. The van der Waals surface area contributed by atoms with Crippen LogP contribution in [0.4, 0.5) is 0 Å². The first kappa shape index (κ1) is 14.8. The molecule has 2 atom stereocenters. The van der Waals surface area contributed by atoms with Crippen molar-refractivity contribution in [3.63, 3.8) is 0 Å². The summed E-state index contributed by atoms with van der Waals surface area (Å²) in [7, 11) is 0. The molecule has 2 unspecified atom stereocenters. The van der Waals surface area contributed by atoms with E-state index >= 15 is 0 Å². The van der Waals surface area contributed by atoms with Crippen LogP contribution in [-0.4, -0.2) is 29.0 Å². The Hall–Kier alpha value is -1.17. The maximum Gasteiger partial charge on any atom is 0.236 e. The maximum absolute atomic E-state index is 5.84. The number of nitrogens with zero attached hydrogens (tertiary/aromatic N) is 2. The Morgan fingerprint density at radius 3 is 3.05 bits per heavy atom. The monoisotopic (exact) mass is 305 g/mol. The van der Waals surface area contributed by atoms with Gasteiger partial charge in [0.1, 0.15) is 5.76 Å². The molecule has 3 rings (SSSR count). The Morgan fingerprint density at radius 2 is 2.33 bits per heavy atom. The van der Waals surface area contributed by atoms with Crippen molar-refractivity contribution in [3.05, 3.63) is 29.0 Å². The maximum atomic E-state index is 5.84. The third-order valence-electron chi connectivity index (χ3n) is 4.42. The van der Waals surface area contributed by atoms with E-state index in [1.807, 2.05) is 24.4 Å². The molecular formula is C16H23N3OS. The summed E-state index contributed by atoms with van der Waals surface area (Å²) in [4.78, 5) is 8.29. The highest BCUT2D eigenvalue weighted by Gasteiger charge is 2.26. The van der Waals surface area contributed by atoms with E-state index in [4.69, 9.17) is 15.1 Å². The van der Waals surface area contributed by atoms with E-state index in [0.29, 0.717) is 12.0 Å². The standard InChI is InChI=1S/C16H23N3OS/c1-11-5-6-13(8-17)9-19(11)10-14-12(2)20-16(18-14)15-4-3-7-21-15/h3-4,7,11,13H,5-6,8-10,17H2,1-2H3. The van der Waals surface area contributed by atoms with Crippen molar-refractivity contribution < 1.29 is 4.42 Å². The SMILES string of the molecule is Cc1oc(-c2cccs2)nc1CN1CC(CN)CCC1C. The summed E-state index contributed by atoms with van der Waals surface area (Å²) >= 11 is 1.66. The highest BCUT2D eigenvalue weighted by Crippen LogP contribution is 2.28. The van der Waals surface area contributed by atoms with E-state index in [9.17, 15) is 0 Å². The van der Waals surface area contributed by atoms with Crippen LogP contribution in [0.25, 0.3) is 10.8 Å². The molecule has 0 aliphatic carbocycles. The van der Waals surface area contributed by atoms with Gasteiger partial charge >= 0.3 is 0 Å². The number of likely N-dealkylation sites (tertiary alicyclic amines) is 1. The molecule has 0 bridgehead atoms. The van der Waals surface area contributed by atoms with Gasteiger partial charge in [-0.2, -0.15) is 0 Å². The number of aromatic nitrogens is 1. The average molecular weight is 305 g/mol. The van der Waals surface area contributed by atoms with E-state index in [1.165, 1.54) is 12.8 Å². The molecule has 0 amide bonds. The number of hydrogen-bond acceptors (Lipinski definition) is 5. The van der Waals surface area contributed by atoms with Crippen molar-refractivity contribution in [1.29, 1.82) is 0 Å². The number of aryl methyl sites for hydroxylation is 1. The van der Waals surface area contributed by atoms with Gasteiger partial charge in [-0.1, -0.05) is 6.07 Å². The zero-order valence-corrected chi connectivity index (χ0v) is 13.5. The van der Waals surface area contributed by atoms with Gasteiger partial charge in [-0.25, -0.2) is 4.98 Å². The fourth-order valence-electron chi connectivity index (χ4n) is 2.95. The van der Waals surface area contributed by atoms with Crippen LogP contribution in [0.3, 0.4) is 0 Å². The number of piperidine rings is 1. The molecule has 21 heavy (non-hydrogen) atoms. The second-order valence-corrected chi connectivity index (χ2v) is 6.90. The van der Waals surface area contributed by atoms with Gasteiger partial charge in [0, 0.05) is 19.1 Å². The Bertz CT molecular complexity index is 578. The second-order valence-electron chi connectivity index (χ2n) is 5.96. The number of rotatable bonds is 4. The van der Waals surface area contributed by atoms with E-state index in [1.54, 1.807) is 11.3 Å². The van der Waals surface area contributed by atoms with Crippen LogP contribution in [0.2, 0.25) is 0 Å². The third kappa shape index (κ3) is 3.20. The molecule has 1 saturated heterocycles. The summed E-state index contributed by atoms with van der Waals surface area (Å²) in [6, 6.07) is 4.67. The van der Waals surface area contributed by atoms with Gasteiger partial charge in [0.2, 0.25) is 5.89 Å². The molecule has 5 heteroatoms. The zero-order valence-electron chi connectivity index (χ0n) is 12.7. The molecular weight excluding hydrogens is 282 g/mol. The van der Waals surface area contributed by atoms with Gasteiger partial charge in [0.05, 0.1) is 10.6 Å². The molecule has 0 radical (unpaired) electrons. The number of nitrogens with two attached hydrogens (primary N) is 1. The van der Waals surface area contributed by atoms with Crippen molar-refractivity contribution in [2.45, 2.75) is 39.3 Å². The van der Waals surface area contributed by atoms with E-state index in [0.717, 1.165) is 41.9 Å². The first-order chi connectivity index (χ1) is 10.2. The van der Waals surface area contributed by atoms with Crippen molar-refractivity contribution in [2.24, 2.45) is 11.7 Å². The van der Waals surface area contributed by atoms with Crippen molar-refractivity contribution in [1.82, 2.24) is 9.88 Å². The van der Waals surface area contributed by atoms with Crippen LogP contribution in [0.15, 0.2) is 21.9 Å². The third-order valence-corrected chi connectivity index (χ3v) is 5.28. The molecule has 1 aliphatic rings. The highest BCUT2D eigenvalue weighted by atomic mass is 32.1. The molecule has 3 heterocycles. The number of thiophene rings is 1. The zero-order chi connectivity index (χ0) is 14.8. The quantitative estimate of drug-likeness (QED) is 0.942. The molecule has 1 fully saturated rings. The largest absolute Gasteiger partial charge is 0.440 e. The lowest BCUT2D eigenvalue weighted by atomic mass is 9.93. The second kappa shape index (κ2) is 6.30. The molecule has 0 aromatic carbocycles. The lowest BCUT2D eigenvalue weighted by molar-refractivity contribution is 0.111. The highest BCUT2D eigenvalue weighted by molar-refractivity contribution is 7.13. The van der Waals surface area contributed by atoms with Gasteiger partial charge in [0.25, 0.3) is 0 Å². The molecule has 1 aliphatic heterocycles. The van der Waals surface area contributed by atoms with Crippen LogP contribution < -0.4 is 5.73 Å². The van der Waals surface area contributed by atoms with Crippen molar-refractivity contribution in [2.75, 3.05) is 13.1 Å². The number of oxazole rings is 1. The van der Waals surface area contributed by atoms with E-state index in [2.05, 4.69) is 11.8 Å². The summed E-state index contributed by atoms with van der Waals surface area (Å²) in [5.74, 6) is 2.29. The summed E-state index contributed by atoms with van der Waals surface area (Å²) in [5, 5.41) is 2.05. The predicted molar refractivity (Wildman–Crippen MR) is 86.2 cm³/mol. The van der Waals surface area contributed by atoms with E-state index < -0.39 is 0 Å². The first-order valence-electron chi connectivity index (χ1n) is 7.61. The molecule has 2 N–H and O–H groups in total. The summed E-state index contributed by atoms with van der Waals surface area (Å²) in [5.41, 5.74) is 6.90. The summed E-state index contributed by atoms with van der Waals surface area (Å²) in [6.07, 6.45) is 2.46. The molecule has 0 saturated carbocycles. The van der Waals surface area contributed by atoms with Gasteiger partial charge in [0.15, 0.2) is 0 Å². The molecule has 0 spiro atoms. The van der Waals surface area contributed by atoms with E-state index in [-0.39, 0.29) is 0 Å². The topological polar surface area (TPSA) is 55.3 Å². The Balaban J connectivity index is 1.75. The first-order valence-corrected chi connectivity index (χ1v) is 8.49. The molecule has 2 aromatic rings. The van der Waals surface area contributed by atoms with Crippen LogP contribution in [0.5, 0.6) is 0 Å². The van der Waals surface area contributed by atoms with Gasteiger partial charge in [-0.05, 0) is 50.6 Å². The average Bonchev–Trinajstić information content (AvgIpc) is 3.11. The minimum Gasteiger partial charge on any atom is -0.440 e. The van der Waals surface area contributed by atoms with Crippen LogP contribution in [0, 0.1) is 12.8 Å². The minimum atomic E-state index is 0.592. The fourth-order valence-corrected chi connectivity index (χ4v) is 3.60. The van der Waals surface area contributed by atoms with Crippen LogP contribution in [-0.2, 0) is 6.54 Å².